The molecule has 0 aliphatic rings. The zero-order chi connectivity index (χ0) is 24.4. The maximum Gasteiger partial charge on any atom is 0.473 e. The van der Waals surface area contributed by atoms with Crippen LogP contribution in [0.25, 0.3) is 0 Å². The van der Waals surface area contributed by atoms with E-state index in [1.807, 2.05) is 0 Å². The Hall–Kier alpha value is -3.06. The Balaban J connectivity index is 2.54. The van der Waals surface area contributed by atoms with Crippen LogP contribution < -0.4 is 10.1 Å². The SMILES string of the molecule is COCc1c(S(=O)(=O)NN(C)C(F)(F)F)c(F)c(C(=O)Nc2ccc(F)c(C#N)c2)n1C. The van der Waals surface area contributed by atoms with E-state index in [1.54, 1.807) is 6.07 Å². The molecule has 174 valence electrons. The standard InChI is InChI=1S/C17H16F5N5O4S/c1-26-12(8-31-3)15(32(29,30)25-27(2)17(20,21)22)13(19)14(26)16(28)24-10-4-5-11(18)9(6-10)7-23/h4-6,25H,8H2,1-3H3,(H,24,28). The van der Waals surface area contributed by atoms with Gasteiger partial charge in [0.2, 0.25) is 0 Å². The third-order valence-electron chi connectivity index (χ3n) is 4.16. The number of hydrogen-bond acceptors (Lipinski definition) is 6. The highest BCUT2D eigenvalue weighted by Crippen LogP contribution is 2.28. The molecule has 15 heteroatoms. The minimum absolute atomic E-state index is 0.110. The zero-order valence-electron chi connectivity index (χ0n) is 16.7. The second kappa shape index (κ2) is 9.20. The fourth-order valence-electron chi connectivity index (χ4n) is 2.65. The minimum atomic E-state index is -5.14. The van der Waals surface area contributed by atoms with Gasteiger partial charge in [-0.1, -0.05) is 0 Å². The van der Waals surface area contributed by atoms with Crippen molar-refractivity contribution in [3.63, 3.8) is 0 Å². The zero-order valence-corrected chi connectivity index (χ0v) is 17.5. The Morgan fingerprint density at radius 2 is 1.94 bits per heavy atom. The van der Waals surface area contributed by atoms with Crippen LogP contribution in [-0.2, 0) is 28.4 Å². The number of rotatable bonds is 7. The quantitative estimate of drug-likeness (QED) is 0.356. The largest absolute Gasteiger partial charge is 0.473 e. The average molecular weight is 481 g/mol. The number of hydrazine groups is 1. The van der Waals surface area contributed by atoms with Gasteiger partial charge in [-0.2, -0.15) is 18.4 Å². The van der Waals surface area contributed by atoms with Crippen molar-refractivity contribution in [1.82, 2.24) is 14.4 Å². The van der Waals surface area contributed by atoms with Crippen molar-refractivity contribution in [2.24, 2.45) is 7.05 Å². The smallest absolute Gasteiger partial charge is 0.378 e. The lowest BCUT2D eigenvalue weighted by Gasteiger charge is -2.20. The number of sulfonamides is 1. The maximum absolute atomic E-state index is 15.1. The molecule has 1 aromatic heterocycles. The number of aromatic nitrogens is 1. The van der Waals surface area contributed by atoms with Gasteiger partial charge in [-0.15, -0.1) is 9.84 Å². The van der Waals surface area contributed by atoms with Gasteiger partial charge in [0.05, 0.1) is 17.9 Å². The molecule has 0 unspecified atom stereocenters. The van der Waals surface area contributed by atoms with Gasteiger partial charge in [-0.05, 0) is 18.2 Å². The molecule has 0 saturated heterocycles. The highest BCUT2D eigenvalue weighted by Gasteiger charge is 2.40. The van der Waals surface area contributed by atoms with Crippen LogP contribution in [0.2, 0.25) is 0 Å². The molecule has 2 N–H and O–H groups in total. The van der Waals surface area contributed by atoms with Crippen molar-refractivity contribution >= 4 is 21.6 Å². The molecule has 1 aromatic carbocycles. The van der Waals surface area contributed by atoms with Crippen LogP contribution in [0.4, 0.5) is 27.6 Å². The molecule has 1 heterocycles. The monoisotopic (exact) mass is 481 g/mol. The van der Waals surface area contributed by atoms with Crippen molar-refractivity contribution < 1.29 is 39.9 Å². The van der Waals surface area contributed by atoms with Gasteiger partial charge in [0, 0.05) is 26.9 Å². The number of ether oxygens (including phenoxy) is 1. The molecule has 0 saturated carbocycles. The Kier molecular flexibility index (Phi) is 7.25. The summed E-state index contributed by atoms with van der Waals surface area (Å²) in [6, 6.07) is 4.45. The number of amides is 1. The van der Waals surface area contributed by atoms with E-state index < -0.39 is 67.3 Å². The van der Waals surface area contributed by atoms with Crippen LogP contribution in [0.15, 0.2) is 23.1 Å². The van der Waals surface area contributed by atoms with Crippen molar-refractivity contribution in [3.05, 3.63) is 46.8 Å². The van der Waals surface area contributed by atoms with Gasteiger partial charge in [0.1, 0.15) is 22.5 Å². The fourth-order valence-corrected chi connectivity index (χ4v) is 4.04. The van der Waals surface area contributed by atoms with E-state index in [1.165, 1.54) is 0 Å². The molecule has 0 atom stereocenters. The van der Waals surface area contributed by atoms with Crippen molar-refractivity contribution in [3.8, 4) is 6.07 Å². The molecule has 0 spiro atoms. The second-order valence-electron chi connectivity index (χ2n) is 6.31. The van der Waals surface area contributed by atoms with E-state index in [-0.39, 0.29) is 5.69 Å². The molecule has 0 bridgehead atoms. The Morgan fingerprint density at radius 1 is 1.31 bits per heavy atom. The third kappa shape index (κ3) is 5.05. The number of halogens is 5. The molecule has 0 aliphatic heterocycles. The molecule has 9 nitrogen and oxygen atoms in total. The van der Waals surface area contributed by atoms with Crippen LogP contribution in [0.3, 0.4) is 0 Å². The predicted octanol–water partition coefficient (Wildman–Crippen LogP) is 2.22. The number of nitriles is 1. The van der Waals surface area contributed by atoms with E-state index in [0.717, 1.165) is 41.8 Å². The van der Waals surface area contributed by atoms with E-state index in [2.05, 4.69) is 5.32 Å². The summed E-state index contributed by atoms with van der Waals surface area (Å²) in [6.45, 7) is -0.568. The van der Waals surface area contributed by atoms with Crippen LogP contribution in [0, 0.1) is 23.0 Å². The number of methoxy groups -OCH3 is 1. The molecule has 2 aromatic rings. The van der Waals surface area contributed by atoms with Crippen molar-refractivity contribution in [2.75, 3.05) is 19.5 Å². The molecule has 0 radical (unpaired) electrons. The summed E-state index contributed by atoms with van der Waals surface area (Å²) in [4.78, 5) is 12.6. The van der Waals surface area contributed by atoms with Gasteiger partial charge >= 0.3 is 6.30 Å². The van der Waals surface area contributed by atoms with Gasteiger partial charge in [0.15, 0.2) is 5.82 Å². The lowest BCUT2D eigenvalue weighted by atomic mass is 10.2. The number of benzene rings is 1. The first-order valence-electron chi connectivity index (χ1n) is 8.44. The van der Waals surface area contributed by atoms with Gasteiger partial charge in [0.25, 0.3) is 15.9 Å². The predicted molar refractivity (Wildman–Crippen MR) is 99.3 cm³/mol. The Labute approximate surface area is 179 Å². The topological polar surface area (TPSA) is 116 Å². The summed E-state index contributed by atoms with van der Waals surface area (Å²) in [5.74, 6) is -3.71. The summed E-state index contributed by atoms with van der Waals surface area (Å²) in [6.07, 6.45) is -5.11. The van der Waals surface area contributed by atoms with E-state index >= 15 is 4.39 Å². The second-order valence-corrected chi connectivity index (χ2v) is 7.91. The molecule has 32 heavy (non-hydrogen) atoms. The Bertz CT molecular complexity index is 1190. The highest BCUT2D eigenvalue weighted by molar-refractivity contribution is 7.89. The molecule has 0 fully saturated rings. The van der Waals surface area contributed by atoms with Crippen molar-refractivity contribution in [1.29, 1.82) is 5.26 Å². The molecular weight excluding hydrogens is 465 g/mol. The molecular formula is C17H16F5N5O4S. The number of alkyl halides is 3. The van der Waals surface area contributed by atoms with Gasteiger partial charge in [-0.25, -0.2) is 17.2 Å². The summed E-state index contributed by atoms with van der Waals surface area (Å²) in [7, 11) is -2.55. The average Bonchev–Trinajstić information content (AvgIpc) is 2.93. The first-order chi connectivity index (χ1) is 14.7. The summed E-state index contributed by atoms with van der Waals surface area (Å²) >= 11 is 0. The normalized spacial score (nSPS) is 12.1. The van der Waals surface area contributed by atoms with E-state index in [0.29, 0.717) is 7.05 Å². The van der Waals surface area contributed by atoms with E-state index in [4.69, 9.17) is 10.00 Å². The van der Waals surface area contributed by atoms with Gasteiger partial charge < -0.3 is 14.6 Å². The number of hydrogen-bond donors (Lipinski definition) is 2. The number of carbonyl (C=O) groups excluding carboxylic acids is 1. The molecule has 2 rings (SSSR count). The number of nitrogens with zero attached hydrogens (tertiary/aromatic N) is 3. The molecule has 0 aliphatic carbocycles. The first kappa shape index (κ1) is 25.2. The lowest BCUT2D eigenvalue weighted by Crippen LogP contribution is -2.48. The van der Waals surface area contributed by atoms with Gasteiger partial charge in [-0.3, -0.25) is 4.79 Å². The fraction of sp³-hybridized carbons (Fsp3) is 0.294. The number of anilines is 1. The maximum atomic E-state index is 15.1. The van der Waals surface area contributed by atoms with E-state index in [9.17, 15) is 30.8 Å². The number of carbonyl (C=O) groups is 1. The summed E-state index contributed by atoms with van der Waals surface area (Å²) in [5.41, 5.74) is -1.83. The lowest BCUT2D eigenvalue weighted by molar-refractivity contribution is -0.245. The van der Waals surface area contributed by atoms with Crippen LogP contribution in [-0.4, -0.2) is 44.4 Å². The summed E-state index contributed by atoms with van der Waals surface area (Å²) < 4.78 is 97.4. The highest BCUT2D eigenvalue weighted by atomic mass is 32.2. The Morgan fingerprint density at radius 3 is 2.47 bits per heavy atom. The van der Waals surface area contributed by atoms with Crippen molar-refractivity contribution in [2.45, 2.75) is 17.8 Å². The van der Waals surface area contributed by atoms with Crippen LogP contribution in [0.1, 0.15) is 21.7 Å². The molecule has 1 amide bonds. The van der Waals surface area contributed by atoms with Crippen LogP contribution >= 0.6 is 0 Å². The number of nitrogens with one attached hydrogen (secondary N) is 2. The van der Waals surface area contributed by atoms with Crippen LogP contribution in [0.5, 0.6) is 0 Å². The first-order valence-corrected chi connectivity index (χ1v) is 9.92. The summed E-state index contributed by atoms with van der Waals surface area (Å²) in [5, 5.41) is 10.3. The minimum Gasteiger partial charge on any atom is -0.378 e. The third-order valence-corrected chi connectivity index (χ3v) is 5.62.